The Kier molecular flexibility index (Phi) is 5.44. The third kappa shape index (κ3) is 3.67. The summed E-state index contributed by atoms with van der Waals surface area (Å²) < 4.78 is 0. The first-order chi connectivity index (χ1) is 13.6. The third-order valence-corrected chi connectivity index (χ3v) is 6.03. The van der Waals surface area contributed by atoms with Crippen molar-refractivity contribution in [2.24, 2.45) is 5.92 Å². The average Bonchev–Trinajstić information content (AvgIpc) is 2.74. The molecule has 0 saturated carbocycles. The van der Waals surface area contributed by atoms with Gasteiger partial charge < -0.3 is 15.5 Å². The van der Waals surface area contributed by atoms with Crippen LogP contribution in [0, 0.1) is 5.92 Å². The van der Waals surface area contributed by atoms with Gasteiger partial charge in [0.2, 0.25) is 11.8 Å². The summed E-state index contributed by atoms with van der Waals surface area (Å²) in [7, 11) is 1.80. The second-order valence-corrected chi connectivity index (χ2v) is 7.71. The molecule has 146 valence electrons. The van der Waals surface area contributed by atoms with Crippen LogP contribution < -0.4 is 10.6 Å². The lowest BCUT2D eigenvalue weighted by Gasteiger charge is -2.39. The molecule has 3 atom stereocenters. The van der Waals surface area contributed by atoms with Gasteiger partial charge in [-0.05, 0) is 36.1 Å². The number of likely N-dealkylation sites (tertiary alicyclic amines) is 1. The smallest absolute Gasteiger partial charge is 0.225 e. The van der Waals surface area contributed by atoms with Crippen molar-refractivity contribution in [3.8, 4) is 0 Å². The van der Waals surface area contributed by atoms with Crippen LogP contribution in [0.3, 0.4) is 0 Å². The fourth-order valence-electron chi connectivity index (χ4n) is 4.53. The number of carbonyl (C=O) groups excluding carboxylic acids is 2. The van der Waals surface area contributed by atoms with Gasteiger partial charge in [-0.3, -0.25) is 9.59 Å². The van der Waals surface area contributed by atoms with Crippen molar-refractivity contribution in [1.82, 2.24) is 15.5 Å². The summed E-state index contributed by atoms with van der Waals surface area (Å²) in [6.45, 7) is 1.48. The molecule has 2 aliphatic heterocycles. The lowest BCUT2D eigenvalue weighted by molar-refractivity contribution is -0.141. The molecule has 5 heteroatoms. The molecule has 0 spiro atoms. The van der Waals surface area contributed by atoms with Gasteiger partial charge in [-0.1, -0.05) is 54.6 Å². The van der Waals surface area contributed by atoms with Crippen LogP contribution in [0.2, 0.25) is 0 Å². The monoisotopic (exact) mass is 377 g/mol. The molecule has 0 aromatic heterocycles. The normalized spacial score (nSPS) is 24.5. The molecule has 0 aliphatic carbocycles. The molecule has 2 N–H and O–H groups in total. The van der Waals surface area contributed by atoms with Crippen molar-refractivity contribution in [3.63, 3.8) is 0 Å². The first-order valence-electron chi connectivity index (χ1n) is 10.0. The van der Waals surface area contributed by atoms with Crippen LogP contribution >= 0.6 is 0 Å². The van der Waals surface area contributed by atoms with Gasteiger partial charge in [0.15, 0.2) is 0 Å². The van der Waals surface area contributed by atoms with Crippen molar-refractivity contribution in [1.29, 1.82) is 0 Å². The van der Waals surface area contributed by atoms with Crippen molar-refractivity contribution < 1.29 is 9.59 Å². The molecule has 5 nitrogen and oxygen atoms in total. The molecule has 1 fully saturated rings. The topological polar surface area (TPSA) is 61.4 Å². The minimum absolute atomic E-state index is 0.0260. The van der Waals surface area contributed by atoms with E-state index >= 15 is 0 Å². The van der Waals surface area contributed by atoms with E-state index in [0.29, 0.717) is 19.4 Å². The van der Waals surface area contributed by atoms with E-state index in [1.165, 1.54) is 11.1 Å². The van der Waals surface area contributed by atoms with E-state index < -0.39 is 0 Å². The molecule has 2 amide bonds. The number of hydrogen-bond acceptors (Lipinski definition) is 3. The van der Waals surface area contributed by atoms with E-state index in [1.807, 2.05) is 36.4 Å². The van der Waals surface area contributed by atoms with Gasteiger partial charge in [-0.2, -0.15) is 0 Å². The van der Waals surface area contributed by atoms with E-state index in [9.17, 15) is 9.59 Å². The summed E-state index contributed by atoms with van der Waals surface area (Å²) in [4.78, 5) is 27.1. The van der Waals surface area contributed by atoms with Crippen molar-refractivity contribution in [2.75, 3.05) is 20.1 Å². The molecule has 2 aromatic carbocycles. The Morgan fingerprint density at radius 2 is 1.86 bits per heavy atom. The number of hydrogen-bond donors (Lipinski definition) is 2. The van der Waals surface area contributed by atoms with E-state index in [4.69, 9.17) is 0 Å². The Morgan fingerprint density at radius 1 is 1.11 bits per heavy atom. The number of nitrogens with zero attached hydrogens (tertiary/aromatic N) is 1. The van der Waals surface area contributed by atoms with Crippen LogP contribution in [0.15, 0.2) is 54.6 Å². The van der Waals surface area contributed by atoms with Gasteiger partial charge in [0.25, 0.3) is 0 Å². The summed E-state index contributed by atoms with van der Waals surface area (Å²) in [6.07, 6.45) is 2.03. The van der Waals surface area contributed by atoms with E-state index in [1.54, 1.807) is 11.9 Å². The van der Waals surface area contributed by atoms with Gasteiger partial charge in [-0.15, -0.1) is 0 Å². The molecule has 2 aromatic rings. The zero-order chi connectivity index (χ0) is 19.5. The highest BCUT2D eigenvalue weighted by atomic mass is 16.2. The molecular formula is C23H27N3O2. The Morgan fingerprint density at radius 3 is 2.68 bits per heavy atom. The van der Waals surface area contributed by atoms with E-state index in [-0.39, 0.29) is 29.8 Å². The Bertz CT molecular complexity index is 852. The summed E-state index contributed by atoms with van der Waals surface area (Å²) in [5, 5.41) is 6.67. The molecule has 28 heavy (non-hydrogen) atoms. The van der Waals surface area contributed by atoms with Crippen LogP contribution in [0.25, 0.3) is 0 Å². The standard InChI is InChI=1S/C23H27N3O2/c1-26-21(27)12-11-19(22(26)17-8-3-2-4-9-17)23(28)25-15-20-18-10-6-5-7-16(18)13-14-24-20/h2-10,19-20,22,24H,11-15H2,1H3,(H,25,28). The molecular weight excluding hydrogens is 350 g/mol. The van der Waals surface area contributed by atoms with Gasteiger partial charge in [0, 0.05) is 26.1 Å². The highest BCUT2D eigenvalue weighted by molar-refractivity contribution is 5.85. The predicted molar refractivity (Wildman–Crippen MR) is 109 cm³/mol. The number of piperidine rings is 1. The Balaban J connectivity index is 1.48. The summed E-state index contributed by atoms with van der Waals surface area (Å²) in [5.41, 5.74) is 3.63. The Hall–Kier alpha value is -2.66. The quantitative estimate of drug-likeness (QED) is 0.861. The predicted octanol–water partition coefficient (Wildman–Crippen LogP) is 2.60. The van der Waals surface area contributed by atoms with E-state index in [0.717, 1.165) is 18.5 Å². The summed E-state index contributed by atoms with van der Waals surface area (Å²) in [6, 6.07) is 18.2. The van der Waals surface area contributed by atoms with Gasteiger partial charge in [0.1, 0.15) is 0 Å². The van der Waals surface area contributed by atoms with Gasteiger partial charge in [0.05, 0.1) is 12.0 Å². The zero-order valence-corrected chi connectivity index (χ0v) is 16.2. The largest absolute Gasteiger partial charge is 0.354 e. The lowest BCUT2D eigenvalue weighted by Crippen LogP contribution is -2.48. The second kappa shape index (κ2) is 8.15. The number of rotatable bonds is 4. The van der Waals surface area contributed by atoms with Crippen molar-refractivity contribution in [3.05, 3.63) is 71.3 Å². The highest BCUT2D eigenvalue weighted by Crippen LogP contribution is 2.36. The third-order valence-electron chi connectivity index (χ3n) is 6.03. The first-order valence-corrected chi connectivity index (χ1v) is 10.0. The SMILES string of the molecule is CN1C(=O)CCC(C(=O)NCC2NCCc3ccccc32)C1c1ccccc1. The number of benzene rings is 2. The van der Waals surface area contributed by atoms with Crippen LogP contribution in [0.4, 0.5) is 0 Å². The molecule has 1 saturated heterocycles. The molecule has 4 rings (SSSR count). The van der Waals surface area contributed by atoms with E-state index in [2.05, 4.69) is 28.8 Å². The molecule has 3 unspecified atom stereocenters. The minimum atomic E-state index is -0.232. The van der Waals surface area contributed by atoms with Crippen molar-refractivity contribution >= 4 is 11.8 Å². The Labute approximate surface area is 166 Å². The maximum absolute atomic E-state index is 13.1. The van der Waals surface area contributed by atoms with Crippen molar-refractivity contribution in [2.45, 2.75) is 31.3 Å². The summed E-state index contributed by atoms with van der Waals surface area (Å²) >= 11 is 0. The highest BCUT2D eigenvalue weighted by Gasteiger charge is 2.38. The molecule has 2 heterocycles. The zero-order valence-electron chi connectivity index (χ0n) is 16.2. The molecule has 2 aliphatic rings. The molecule has 0 radical (unpaired) electrons. The average molecular weight is 377 g/mol. The van der Waals surface area contributed by atoms with Gasteiger partial charge in [-0.25, -0.2) is 0 Å². The second-order valence-electron chi connectivity index (χ2n) is 7.71. The molecule has 0 bridgehead atoms. The van der Waals surface area contributed by atoms with Gasteiger partial charge >= 0.3 is 0 Å². The summed E-state index contributed by atoms with van der Waals surface area (Å²) in [5.74, 6) is -0.109. The maximum atomic E-state index is 13.1. The van der Waals surface area contributed by atoms with Crippen LogP contribution in [0.5, 0.6) is 0 Å². The number of carbonyl (C=O) groups is 2. The fourth-order valence-corrected chi connectivity index (χ4v) is 4.53. The minimum Gasteiger partial charge on any atom is -0.354 e. The fraction of sp³-hybridized carbons (Fsp3) is 0.391. The maximum Gasteiger partial charge on any atom is 0.225 e. The van der Waals surface area contributed by atoms with Crippen LogP contribution in [-0.4, -0.2) is 36.9 Å². The lowest BCUT2D eigenvalue weighted by atomic mass is 9.84. The number of fused-ring (bicyclic) bond motifs is 1. The number of nitrogens with one attached hydrogen (secondary N) is 2. The first kappa shape index (κ1) is 18.7. The van der Waals surface area contributed by atoms with Crippen LogP contribution in [0.1, 0.15) is 41.6 Å². The number of amides is 2. The van der Waals surface area contributed by atoms with Crippen LogP contribution in [-0.2, 0) is 16.0 Å².